The van der Waals surface area contributed by atoms with E-state index in [1.54, 1.807) is 31.2 Å². The van der Waals surface area contributed by atoms with E-state index < -0.39 is 10.0 Å². The third kappa shape index (κ3) is 4.91. The normalized spacial score (nSPS) is 11.2. The van der Waals surface area contributed by atoms with Crippen LogP contribution >= 0.6 is 0 Å². The van der Waals surface area contributed by atoms with Gasteiger partial charge in [-0.3, -0.25) is 9.52 Å². The van der Waals surface area contributed by atoms with Crippen molar-refractivity contribution in [3.05, 3.63) is 47.5 Å². The molecule has 0 aromatic heterocycles. The molecule has 0 spiro atoms. The highest BCUT2D eigenvalue weighted by molar-refractivity contribution is 7.92. The fourth-order valence-corrected chi connectivity index (χ4v) is 3.54. The van der Waals surface area contributed by atoms with Crippen LogP contribution < -0.4 is 19.5 Å². The van der Waals surface area contributed by atoms with E-state index in [2.05, 4.69) is 10.0 Å². The van der Waals surface area contributed by atoms with Crippen LogP contribution in [0.4, 0.5) is 5.69 Å². The summed E-state index contributed by atoms with van der Waals surface area (Å²) in [6, 6.07) is 9.13. The fourth-order valence-electron chi connectivity index (χ4n) is 2.44. The molecule has 2 rings (SSSR count). The summed E-state index contributed by atoms with van der Waals surface area (Å²) in [5.74, 6) is 0.544. The highest BCUT2D eigenvalue weighted by Gasteiger charge is 2.20. The monoisotopic (exact) mass is 392 g/mol. The minimum Gasteiger partial charge on any atom is -0.497 e. The van der Waals surface area contributed by atoms with Gasteiger partial charge in [0.15, 0.2) is 0 Å². The van der Waals surface area contributed by atoms with Gasteiger partial charge in [0.2, 0.25) is 0 Å². The van der Waals surface area contributed by atoms with Crippen molar-refractivity contribution in [1.29, 1.82) is 0 Å². The molecule has 0 heterocycles. The Hall–Kier alpha value is -2.74. The van der Waals surface area contributed by atoms with Gasteiger partial charge in [-0.1, -0.05) is 6.07 Å². The Bertz CT molecular complexity index is 939. The van der Waals surface area contributed by atoms with E-state index in [1.165, 1.54) is 26.4 Å². The van der Waals surface area contributed by atoms with E-state index in [4.69, 9.17) is 9.47 Å². The SMILES string of the molecule is COc1ccc(NS(=O)(=O)c2ccc(C)c(C(=O)NC(C)C)c2)c(OC)c1. The number of hydrogen-bond acceptors (Lipinski definition) is 5. The second kappa shape index (κ2) is 8.30. The molecule has 0 bridgehead atoms. The van der Waals surface area contributed by atoms with Gasteiger partial charge in [-0.15, -0.1) is 0 Å². The first-order valence-electron chi connectivity index (χ1n) is 8.34. The zero-order valence-corrected chi connectivity index (χ0v) is 16.8. The summed E-state index contributed by atoms with van der Waals surface area (Å²) in [7, 11) is -0.972. The number of carbonyl (C=O) groups is 1. The van der Waals surface area contributed by atoms with E-state index in [1.807, 2.05) is 13.8 Å². The number of rotatable bonds is 7. The molecular formula is C19H24N2O5S. The molecule has 0 atom stereocenters. The average molecular weight is 392 g/mol. The van der Waals surface area contributed by atoms with Crippen molar-refractivity contribution < 1.29 is 22.7 Å². The zero-order chi connectivity index (χ0) is 20.2. The molecule has 2 N–H and O–H groups in total. The van der Waals surface area contributed by atoms with Crippen molar-refractivity contribution in [2.45, 2.75) is 31.7 Å². The Morgan fingerprint density at radius 3 is 2.33 bits per heavy atom. The number of hydrogen-bond donors (Lipinski definition) is 2. The first kappa shape index (κ1) is 20.6. The molecule has 27 heavy (non-hydrogen) atoms. The molecule has 2 aromatic rings. The number of benzene rings is 2. The number of aryl methyl sites for hydroxylation is 1. The number of sulfonamides is 1. The molecule has 8 heteroatoms. The highest BCUT2D eigenvalue weighted by atomic mass is 32.2. The quantitative estimate of drug-likeness (QED) is 0.756. The summed E-state index contributed by atoms with van der Waals surface area (Å²) in [6.45, 7) is 5.43. The van der Waals surface area contributed by atoms with Gasteiger partial charge in [-0.2, -0.15) is 0 Å². The lowest BCUT2D eigenvalue weighted by Crippen LogP contribution is -2.30. The number of anilines is 1. The van der Waals surface area contributed by atoms with E-state index in [-0.39, 0.29) is 22.5 Å². The van der Waals surface area contributed by atoms with Crippen molar-refractivity contribution in [2.75, 3.05) is 18.9 Å². The van der Waals surface area contributed by atoms with Crippen LogP contribution in [0.1, 0.15) is 29.8 Å². The van der Waals surface area contributed by atoms with Crippen molar-refractivity contribution in [2.24, 2.45) is 0 Å². The van der Waals surface area contributed by atoms with Crippen molar-refractivity contribution in [1.82, 2.24) is 5.32 Å². The van der Waals surface area contributed by atoms with Crippen molar-refractivity contribution >= 4 is 21.6 Å². The second-order valence-corrected chi connectivity index (χ2v) is 7.96. The molecule has 0 fully saturated rings. The van der Waals surface area contributed by atoms with Gasteiger partial charge in [0, 0.05) is 17.7 Å². The minimum absolute atomic E-state index is 0.0140. The van der Waals surface area contributed by atoms with Gasteiger partial charge < -0.3 is 14.8 Å². The van der Waals surface area contributed by atoms with Gasteiger partial charge in [0.05, 0.1) is 24.8 Å². The lowest BCUT2D eigenvalue weighted by molar-refractivity contribution is 0.0942. The van der Waals surface area contributed by atoms with Gasteiger partial charge in [0.25, 0.3) is 15.9 Å². The molecule has 0 aliphatic carbocycles. The summed E-state index contributed by atoms with van der Waals surface area (Å²) in [5.41, 5.74) is 1.27. The average Bonchev–Trinajstić information content (AvgIpc) is 2.61. The van der Waals surface area contributed by atoms with E-state index in [0.717, 1.165) is 0 Å². The predicted molar refractivity (Wildman–Crippen MR) is 104 cm³/mol. The van der Waals surface area contributed by atoms with Gasteiger partial charge >= 0.3 is 0 Å². The third-order valence-electron chi connectivity index (χ3n) is 3.84. The lowest BCUT2D eigenvalue weighted by Gasteiger charge is -2.15. The summed E-state index contributed by atoms with van der Waals surface area (Å²) in [6.07, 6.45) is 0. The summed E-state index contributed by atoms with van der Waals surface area (Å²) >= 11 is 0. The first-order valence-corrected chi connectivity index (χ1v) is 9.82. The molecule has 7 nitrogen and oxygen atoms in total. The topological polar surface area (TPSA) is 93.7 Å². The standard InChI is InChI=1S/C19H24N2O5S/c1-12(2)20-19(22)16-11-15(8-6-13(16)3)27(23,24)21-17-9-7-14(25-4)10-18(17)26-5/h6-12,21H,1-5H3,(H,20,22). The molecule has 1 amide bonds. The number of nitrogens with one attached hydrogen (secondary N) is 2. The van der Waals surface area contributed by atoms with Crippen LogP contribution in [0.3, 0.4) is 0 Å². The Morgan fingerprint density at radius 1 is 1.04 bits per heavy atom. The van der Waals surface area contributed by atoms with Crippen molar-refractivity contribution in [3.8, 4) is 11.5 Å². The molecule has 0 radical (unpaired) electrons. The van der Waals surface area contributed by atoms with Gasteiger partial charge in [-0.25, -0.2) is 8.42 Å². The summed E-state index contributed by atoms with van der Waals surface area (Å²) < 4.78 is 38.4. The molecule has 0 unspecified atom stereocenters. The molecule has 0 saturated carbocycles. The molecule has 2 aromatic carbocycles. The predicted octanol–water partition coefficient (Wildman–Crippen LogP) is 2.95. The first-order chi connectivity index (χ1) is 12.7. The summed E-state index contributed by atoms with van der Waals surface area (Å²) in [5, 5.41) is 2.77. The molecule has 146 valence electrons. The number of ether oxygens (including phenoxy) is 2. The molecule has 0 aliphatic rings. The van der Waals surface area contributed by atoms with Gasteiger partial charge in [-0.05, 0) is 50.6 Å². The van der Waals surface area contributed by atoms with E-state index in [0.29, 0.717) is 22.6 Å². The van der Waals surface area contributed by atoms with Crippen LogP contribution in [0, 0.1) is 6.92 Å². The maximum absolute atomic E-state index is 12.8. The number of amides is 1. The Labute approximate surface area is 159 Å². The van der Waals surface area contributed by atoms with Crippen LogP contribution in [0.15, 0.2) is 41.3 Å². The Balaban J connectivity index is 2.38. The largest absolute Gasteiger partial charge is 0.497 e. The van der Waals surface area contributed by atoms with Gasteiger partial charge in [0.1, 0.15) is 11.5 Å². The van der Waals surface area contributed by atoms with Crippen LogP contribution in [-0.2, 0) is 10.0 Å². The minimum atomic E-state index is -3.92. The van der Waals surface area contributed by atoms with Crippen LogP contribution in [0.2, 0.25) is 0 Å². The van der Waals surface area contributed by atoms with Crippen LogP contribution in [-0.4, -0.2) is 34.6 Å². The van der Waals surface area contributed by atoms with E-state index in [9.17, 15) is 13.2 Å². The second-order valence-electron chi connectivity index (χ2n) is 6.28. The molecular weight excluding hydrogens is 368 g/mol. The van der Waals surface area contributed by atoms with Crippen LogP contribution in [0.25, 0.3) is 0 Å². The zero-order valence-electron chi connectivity index (χ0n) is 16.0. The maximum Gasteiger partial charge on any atom is 0.262 e. The Morgan fingerprint density at radius 2 is 1.74 bits per heavy atom. The highest BCUT2D eigenvalue weighted by Crippen LogP contribution is 2.31. The fraction of sp³-hybridized carbons (Fsp3) is 0.316. The molecule has 0 aliphatic heterocycles. The van der Waals surface area contributed by atoms with E-state index >= 15 is 0 Å². The molecule has 0 saturated heterocycles. The smallest absolute Gasteiger partial charge is 0.262 e. The third-order valence-corrected chi connectivity index (χ3v) is 5.20. The van der Waals surface area contributed by atoms with Crippen LogP contribution in [0.5, 0.6) is 11.5 Å². The number of methoxy groups -OCH3 is 2. The maximum atomic E-state index is 12.8. The lowest BCUT2D eigenvalue weighted by atomic mass is 10.1. The number of carbonyl (C=O) groups excluding carboxylic acids is 1. The Kier molecular flexibility index (Phi) is 6.32. The van der Waals surface area contributed by atoms with Crippen molar-refractivity contribution in [3.63, 3.8) is 0 Å². The summed E-state index contributed by atoms with van der Waals surface area (Å²) in [4.78, 5) is 12.3.